The smallest absolute Gasteiger partial charge is 0.223 e. The lowest BCUT2D eigenvalue weighted by molar-refractivity contribution is -0.126. The molecule has 2 aliphatic carbocycles. The molecular formula is C16H21NO2. The van der Waals surface area contributed by atoms with Gasteiger partial charge in [-0.25, -0.2) is 0 Å². The molecule has 3 rings (SSSR count). The fourth-order valence-electron chi connectivity index (χ4n) is 3.73. The highest BCUT2D eigenvalue weighted by atomic mass is 16.5. The van der Waals surface area contributed by atoms with E-state index >= 15 is 0 Å². The van der Waals surface area contributed by atoms with Gasteiger partial charge in [0.05, 0.1) is 7.11 Å². The minimum absolute atomic E-state index is 0.234. The first kappa shape index (κ1) is 12.5. The van der Waals surface area contributed by atoms with E-state index in [0.29, 0.717) is 12.5 Å². The fraction of sp³-hybridized carbons (Fsp3) is 0.562. The molecule has 3 heteroatoms. The van der Waals surface area contributed by atoms with Crippen LogP contribution in [0.3, 0.4) is 0 Å². The lowest BCUT2D eigenvalue weighted by Gasteiger charge is -2.21. The van der Waals surface area contributed by atoms with E-state index < -0.39 is 0 Å². The van der Waals surface area contributed by atoms with Gasteiger partial charge in [-0.05, 0) is 37.2 Å². The molecule has 0 aliphatic heterocycles. The molecule has 0 heterocycles. The summed E-state index contributed by atoms with van der Waals surface area (Å²) >= 11 is 0. The maximum atomic E-state index is 12.3. The molecule has 2 fully saturated rings. The second kappa shape index (κ2) is 5.24. The predicted molar refractivity (Wildman–Crippen MR) is 73.8 cm³/mol. The summed E-state index contributed by atoms with van der Waals surface area (Å²) in [4.78, 5) is 12.3. The van der Waals surface area contributed by atoms with Crippen LogP contribution in [0.1, 0.15) is 31.2 Å². The largest absolute Gasteiger partial charge is 0.496 e. The van der Waals surface area contributed by atoms with Crippen molar-refractivity contribution in [2.75, 3.05) is 7.11 Å². The minimum atomic E-state index is 0.234. The number of methoxy groups -OCH3 is 1. The Morgan fingerprint density at radius 3 is 2.84 bits per heavy atom. The average molecular weight is 259 g/mol. The van der Waals surface area contributed by atoms with E-state index in [1.54, 1.807) is 7.11 Å². The van der Waals surface area contributed by atoms with Gasteiger partial charge < -0.3 is 10.1 Å². The van der Waals surface area contributed by atoms with Gasteiger partial charge in [0.1, 0.15) is 5.75 Å². The quantitative estimate of drug-likeness (QED) is 0.903. The third-order valence-corrected chi connectivity index (χ3v) is 4.72. The number of ether oxygens (including phenoxy) is 1. The molecule has 1 amide bonds. The number of hydrogen-bond acceptors (Lipinski definition) is 2. The molecule has 3 atom stereocenters. The maximum Gasteiger partial charge on any atom is 0.223 e. The Bertz CT molecular complexity index is 472. The molecule has 1 aromatic rings. The van der Waals surface area contributed by atoms with Crippen LogP contribution < -0.4 is 10.1 Å². The molecule has 1 N–H and O–H groups in total. The number of benzene rings is 1. The monoisotopic (exact) mass is 259 g/mol. The van der Waals surface area contributed by atoms with Gasteiger partial charge in [-0.1, -0.05) is 24.6 Å². The van der Waals surface area contributed by atoms with Gasteiger partial charge in [-0.15, -0.1) is 0 Å². The molecule has 2 aliphatic rings. The summed E-state index contributed by atoms with van der Waals surface area (Å²) in [6, 6.07) is 7.85. The zero-order valence-corrected chi connectivity index (χ0v) is 11.4. The molecule has 19 heavy (non-hydrogen) atoms. The summed E-state index contributed by atoms with van der Waals surface area (Å²) in [6.45, 7) is 0.566. The van der Waals surface area contributed by atoms with Crippen LogP contribution in [-0.2, 0) is 11.3 Å². The topological polar surface area (TPSA) is 38.3 Å². The van der Waals surface area contributed by atoms with Crippen LogP contribution >= 0.6 is 0 Å². The predicted octanol–water partition coefficient (Wildman–Crippen LogP) is 2.75. The lowest BCUT2D eigenvalue weighted by Crippen LogP contribution is -2.33. The molecule has 3 nitrogen and oxygen atoms in total. The van der Waals surface area contributed by atoms with E-state index in [0.717, 1.165) is 23.7 Å². The fourth-order valence-corrected chi connectivity index (χ4v) is 3.73. The summed E-state index contributed by atoms with van der Waals surface area (Å²) in [6.07, 6.45) is 4.95. The van der Waals surface area contributed by atoms with Gasteiger partial charge in [-0.3, -0.25) is 4.79 Å². The van der Waals surface area contributed by atoms with Crippen LogP contribution in [-0.4, -0.2) is 13.0 Å². The Balaban J connectivity index is 1.59. The summed E-state index contributed by atoms with van der Waals surface area (Å²) in [5.74, 6) is 2.79. The second-order valence-corrected chi connectivity index (χ2v) is 5.81. The average Bonchev–Trinajstić information content (AvgIpc) is 3.07. The molecule has 2 saturated carbocycles. The van der Waals surface area contributed by atoms with Crippen molar-refractivity contribution in [2.45, 2.75) is 32.2 Å². The van der Waals surface area contributed by atoms with Crippen molar-refractivity contribution in [3.05, 3.63) is 29.8 Å². The standard InChI is InChI=1S/C16H21NO2/c1-19-15-5-3-2-4-13(15)10-17-16(18)14-9-11-6-7-12(14)8-11/h2-5,11-12,14H,6-10H2,1H3,(H,17,18)/t11-,12-,14+/m0/s1. The van der Waals surface area contributed by atoms with Gasteiger partial charge in [0, 0.05) is 18.0 Å². The van der Waals surface area contributed by atoms with Gasteiger partial charge >= 0.3 is 0 Å². The zero-order chi connectivity index (χ0) is 13.2. The number of rotatable bonds is 4. The molecule has 1 aromatic carbocycles. The van der Waals surface area contributed by atoms with Gasteiger partial charge in [0.15, 0.2) is 0 Å². The second-order valence-electron chi connectivity index (χ2n) is 5.81. The summed E-state index contributed by atoms with van der Waals surface area (Å²) in [5.41, 5.74) is 1.04. The molecule has 0 aromatic heterocycles. The Morgan fingerprint density at radius 1 is 1.32 bits per heavy atom. The van der Waals surface area contributed by atoms with E-state index in [1.165, 1.54) is 19.3 Å². The molecule has 0 radical (unpaired) electrons. The first-order valence-corrected chi connectivity index (χ1v) is 7.17. The van der Waals surface area contributed by atoms with E-state index in [4.69, 9.17) is 4.74 Å². The molecule has 0 saturated heterocycles. The molecule has 0 unspecified atom stereocenters. The van der Waals surface area contributed by atoms with E-state index in [2.05, 4.69) is 5.32 Å². The van der Waals surface area contributed by atoms with Gasteiger partial charge in [-0.2, -0.15) is 0 Å². The van der Waals surface area contributed by atoms with Crippen molar-refractivity contribution in [1.82, 2.24) is 5.32 Å². The van der Waals surface area contributed by atoms with Crippen LogP contribution in [0, 0.1) is 17.8 Å². The van der Waals surface area contributed by atoms with E-state index in [9.17, 15) is 4.79 Å². The van der Waals surface area contributed by atoms with Crippen LogP contribution in [0.2, 0.25) is 0 Å². The number of hydrogen-bond donors (Lipinski definition) is 1. The summed E-state index contributed by atoms with van der Waals surface area (Å²) in [5, 5.41) is 3.08. The minimum Gasteiger partial charge on any atom is -0.496 e. The van der Waals surface area contributed by atoms with Crippen molar-refractivity contribution in [1.29, 1.82) is 0 Å². The lowest BCUT2D eigenvalue weighted by atomic mass is 9.88. The Kier molecular flexibility index (Phi) is 3.45. The highest BCUT2D eigenvalue weighted by molar-refractivity contribution is 5.79. The van der Waals surface area contributed by atoms with Crippen molar-refractivity contribution >= 4 is 5.91 Å². The van der Waals surface area contributed by atoms with Gasteiger partial charge in [0.25, 0.3) is 0 Å². The Labute approximate surface area is 114 Å². The maximum absolute atomic E-state index is 12.3. The van der Waals surface area contributed by atoms with Crippen LogP contribution in [0.4, 0.5) is 0 Å². The third kappa shape index (κ3) is 2.46. The highest BCUT2D eigenvalue weighted by Crippen LogP contribution is 2.48. The number of para-hydroxylation sites is 1. The molecular weight excluding hydrogens is 238 g/mol. The Morgan fingerprint density at radius 2 is 2.16 bits per heavy atom. The first-order valence-electron chi connectivity index (χ1n) is 7.17. The number of carbonyl (C=O) groups excluding carboxylic acids is 1. The van der Waals surface area contributed by atoms with Crippen LogP contribution in [0.25, 0.3) is 0 Å². The molecule has 102 valence electrons. The van der Waals surface area contributed by atoms with Crippen LogP contribution in [0.15, 0.2) is 24.3 Å². The van der Waals surface area contributed by atoms with Crippen molar-refractivity contribution in [3.8, 4) is 5.75 Å². The van der Waals surface area contributed by atoms with Crippen molar-refractivity contribution in [3.63, 3.8) is 0 Å². The number of fused-ring (bicyclic) bond motifs is 2. The SMILES string of the molecule is COc1ccccc1CNC(=O)[C@@H]1C[C@H]2CC[C@H]1C2. The van der Waals surface area contributed by atoms with E-state index in [-0.39, 0.29) is 11.8 Å². The Hall–Kier alpha value is -1.51. The number of carbonyl (C=O) groups is 1. The number of amides is 1. The highest BCUT2D eigenvalue weighted by Gasteiger charge is 2.42. The normalized spacial score (nSPS) is 28.4. The molecule has 2 bridgehead atoms. The van der Waals surface area contributed by atoms with Crippen molar-refractivity contribution in [2.24, 2.45) is 17.8 Å². The third-order valence-electron chi connectivity index (χ3n) is 4.72. The van der Waals surface area contributed by atoms with E-state index in [1.807, 2.05) is 24.3 Å². The van der Waals surface area contributed by atoms with Crippen molar-refractivity contribution < 1.29 is 9.53 Å². The first-order chi connectivity index (χ1) is 9.28. The molecule has 0 spiro atoms. The summed E-state index contributed by atoms with van der Waals surface area (Å²) < 4.78 is 5.30. The summed E-state index contributed by atoms with van der Waals surface area (Å²) in [7, 11) is 1.66. The van der Waals surface area contributed by atoms with Gasteiger partial charge in [0.2, 0.25) is 5.91 Å². The zero-order valence-electron chi connectivity index (χ0n) is 11.4. The number of nitrogens with one attached hydrogen (secondary N) is 1. The van der Waals surface area contributed by atoms with Crippen LogP contribution in [0.5, 0.6) is 5.75 Å².